The summed E-state index contributed by atoms with van der Waals surface area (Å²) in [5.74, 6) is 1.92. The van der Waals surface area contributed by atoms with Gasteiger partial charge < -0.3 is 0 Å². The van der Waals surface area contributed by atoms with Crippen molar-refractivity contribution in [2.45, 2.75) is 57.4 Å². The lowest BCUT2D eigenvalue weighted by Crippen LogP contribution is -2.41. The van der Waals surface area contributed by atoms with E-state index < -0.39 is 0 Å². The van der Waals surface area contributed by atoms with Crippen molar-refractivity contribution in [2.75, 3.05) is 13.1 Å². The van der Waals surface area contributed by atoms with Crippen LogP contribution in [0.3, 0.4) is 0 Å². The summed E-state index contributed by atoms with van der Waals surface area (Å²) >= 11 is 0. The number of likely N-dealkylation sites (tertiary alicyclic amines) is 1. The third-order valence-corrected chi connectivity index (χ3v) is 4.95. The van der Waals surface area contributed by atoms with Crippen LogP contribution in [0.25, 0.3) is 0 Å². The van der Waals surface area contributed by atoms with E-state index in [-0.39, 0.29) is 0 Å². The molecule has 16 heavy (non-hydrogen) atoms. The molecule has 2 unspecified atom stereocenters. The minimum atomic E-state index is 0.405. The SMILES string of the molecule is O=C1CCCC1C1CCCN1CC1CCC1. The summed E-state index contributed by atoms with van der Waals surface area (Å²) in [5.41, 5.74) is 0. The van der Waals surface area contributed by atoms with Gasteiger partial charge in [0.2, 0.25) is 0 Å². The number of hydrogen-bond donors (Lipinski definition) is 0. The van der Waals surface area contributed by atoms with Crippen molar-refractivity contribution < 1.29 is 4.79 Å². The second-order valence-electron chi connectivity index (χ2n) is 5.97. The zero-order chi connectivity index (χ0) is 11.0. The van der Waals surface area contributed by atoms with Gasteiger partial charge in [-0.05, 0) is 51.0 Å². The lowest BCUT2D eigenvalue weighted by atomic mass is 9.84. The van der Waals surface area contributed by atoms with Crippen molar-refractivity contribution in [3.05, 3.63) is 0 Å². The molecule has 2 aliphatic carbocycles. The molecule has 2 saturated carbocycles. The molecule has 0 aromatic carbocycles. The Balaban J connectivity index is 1.61. The Labute approximate surface area is 98.4 Å². The number of rotatable bonds is 3. The van der Waals surface area contributed by atoms with Crippen molar-refractivity contribution >= 4 is 5.78 Å². The van der Waals surface area contributed by atoms with Crippen LogP contribution in [-0.2, 0) is 4.79 Å². The third-order valence-electron chi connectivity index (χ3n) is 4.95. The number of carbonyl (C=O) groups is 1. The molecule has 2 atom stereocenters. The molecule has 2 nitrogen and oxygen atoms in total. The Hall–Kier alpha value is -0.370. The molecule has 3 rings (SSSR count). The monoisotopic (exact) mass is 221 g/mol. The minimum Gasteiger partial charge on any atom is -0.299 e. The van der Waals surface area contributed by atoms with E-state index in [4.69, 9.17) is 0 Å². The van der Waals surface area contributed by atoms with Crippen molar-refractivity contribution in [1.29, 1.82) is 0 Å². The normalized spacial score (nSPS) is 36.9. The van der Waals surface area contributed by atoms with Crippen LogP contribution < -0.4 is 0 Å². The number of hydrogen-bond acceptors (Lipinski definition) is 2. The first-order valence-electron chi connectivity index (χ1n) is 7.11. The average molecular weight is 221 g/mol. The summed E-state index contributed by atoms with van der Waals surface area (Å²) in [6, 6.07) is 0.621. The zero-order valence-corrected chi connectivity index (χ0v) is 10.2. The van der Waals surface area contributed by atoms with Crippen LogP contribution >= 0.6 is 0 Å². The van der Waals surface area contributed by atoms with Crippen LogP contribution in [0.4, 0.5) is 0 Å². The molecule has 1 aliphatic heterocycles. The van der Waals surface area contributed by atoms with Crippen molar-refractivity contribution in [3.63, 3.8) is 0 Å². The van der Waals surface area contributed by atoms with E-state index in [1.54, 1.807) is 0 Å². The zero-order valence-electron chi connectivity index (χ0n) is 10.2. The first-order valence-corrected chi connectivity index (χ1v) is 7.11. The van der Waals surface area contributed by atoms with E-state index in [0.717, 1.165) is 18.8 Å². The Morgan fingerprint density at radius 2 is 1.94 bits per heavy atom. The fourth-order valence-electron chi connectivity index (χ4n) is 3.79. The highest BCUT2D eigenvalue weighted by molar-refractivity contribution is 5.83. The van der Waals surface area contributed by atoms with Gasteiger partial charge in [0, 0.05) is 24.9 Å². The van der Waals surface area contributed by atoms with E-state index in [2.05, 4.69) is 4.90 Å². The highest BCUT2D eigenvalue weighted by Crippen LogP contribution is 2.36. The Morgan fingerprint density at radius 1 is 1.06 bits per heavy atom. The molecule has 90 valence electrons. The quantitative estimate of drug-likeness (QED) is 0.730. The molecule has 0 bridgehead atoms. The molecule has 3 fully saturated rings. The molecule has 0 radical (unpaired) electrons. The Bertz CT molecular complexity index is 272. The maximum atomic E-state index is 11.8. The first-order chi connectivity index (χ1) is 7.84. The summed E-state index contributed by atoms with van der Waals surface area (Å²) in [5, 5.41) is 0. The molecule has 0 N–H and O–H groups in total. The molecule has 2 heteroatoms. The number of nitrogens with zero attached hydrogens (tertiary/aromatic N) is 1. The van der Waals surface area contributed by atoms with Gasteiger partial charge in [0.05, 0.1) is 0 Å². The van der Waals surface area contributed by atoms with E-state index in [1.165, 1.54) is 51.6 Å². The number of ketones is 1. The van der Waals surface area contributed by atoms with Gasteiger partial charge in [0.15, 0.2) is 0 Å². The van der Waals surface area contributed by atoms with Gasteiger partial charge in [-0.3, -0.25) is 9.69 Å². The van der Waals surface area contributed by atoms with Crippen molar-refractivity contribution in [2.24, 2.45) is 11.8 Å². The van der Waals surface area contributed by atoms with Gasteiger partial charge in [0.25, 0.3) is 0 Å². The van der Waals surface area contributed by atoms with Crippen LogP contribution in [0, 0.1) is 11.8 Å². The van der Waals surface area contributed by atoms with E-state index in [9.17, 15) is 4.79 Å². The lowest BCUT2D eigenvalue weighted by molar-refractivity contribution is -0.122. The van der Waals surface area contributed by atoms with Crippen molar-refractivity contribution in [3.8, 4) is 0 Å². The second kappa shape index (κ2) is 4.48. The second-order valence-corrected chi connectivity index (χ2v) is 5.97. The molecule has 0 spiro atoms. The van der Waals surface area contributed by atoms with E-state index in [1.807, 2.05) is 0 Å². The fourth-order valence-corrected chi connectivity index (χ4v) is 3.79. The highest BCUT2D eigenvalue weighted by atomic mass is 16.1. The van der Waals surface area contributed by atoms with Gasteiger partial charge in [-0.15, -0.1) is 0 Å². The standard InChI is InChI=1S/C14H23NO/c16-14-8-2-6-12(14)13-7-3-9-15(13)10-11-4-1-5-11/h11-13H,1-10H2. The van der Waals surface area contributed by atoms with Crippen LogP contribution in [0.2, 0.25) is 0 Å². The van der Waals surface area contributed by atoms with Crippen LogP contribution in [0.5, 0.6) is 0 Å². The van der Waals surface area contributed by atoms with Crippen molar-refractivity contribution in [1.82, 2.24) is 4.90 Å². The largest absolute Gasteiger partial charge is 0.299 e. The van der Waals surface area contributed by atoms with Crippen LogP contribution in [-0.4, -0.2) is 29.8 Å². The molecular formula is C14H23NO. The van der Waals surface area contributed by atoms with Gasteiger partial charge in [0.1, 0.15) is 5.78 Å². The van der Waals surface area contributed by atoms with Crippen LogP contribution in [0.1, 0.15) is 51.4 Å². The molecule has 0 aromatic heterocycles. The summed E-state index contributed by atoms with van der Waals surface area (Å²) in [6.45, 7) is 2.54. The minimum absolute atomic E-state index is 0.405. The van der Waals surface area contributed by atoms with E-state index in [0.29, 0.717) is 17.7 Å². The summed E-state index contributed by atoms with van der Waals surface area (Å²) in [6.07, 6.45) is 10.1. The molecule has 1 saturated heterocycles. The summed E-state index contributed by atoms with van der Waals surface area (Å²) in [7, 11) is 0. The lowest BCUT2D eigenvalue weighted by Gasteiger charge is -2.35. The predicted octanol–water partition coefficient (Wildman–Crippen LogP) is 2.62. The predicted molar refractivity (Wildman–Crippen MR) is 64.3 cm³/mol. The summed E-state index contributed by atoms with van der Waals surface area (Å²) in [4.78, 5) is 14.5. The van der Waals surface area contributed by atoms with Gasteiger partial charge in [-0.25, -0.2) is 0 Å². The molecule has 1 heterocycles. The number of Topliss-reactive ketones (excluding diaryl/α,β-unsaturated/α-hetero) is 1. The Morgan fingerprint density at radius 3 is 2.56 bits per heavy atom. The average Bonchev–Trinajstić information content (AvgIpc) is 2.79. The van der Waals surface area contributed by atoms with Gasteiger partial charge in [-0.2, -0.15) is 0 Å². The van der Waals surface area contributed by atoms with E-state index >= 15 is 0 Å². The number of carbonyl (C=O) groups excluding carboxylic acids is 1. The summed E-state index contributed by atoms with van der Waals surface area (Å²) < 4.78 is 0. The molecule has 0 amide bonds. The first kappa shape index (κ1) is 10.8. The molecular weight excluding hydrogens is 198 g/mol. The topological polar surface area (TPSA) is 20.3 Å². The van der Waals surface area contributed by atoms with Gasteiger partial charge in [-0.1, -0.05) is 6.42 Å². The Kier molecular flexibility index (Phi) is 3.01. The van der Waals surface area contributed by atoms with Crippen LogP contribution in [0.15, 0.2) is 0 Å². The van der Waals surface area contributed by atoms with Gasteiger partial charge >= 0.3 is 0 Å². The maximum Gasteiger partial charge on any atom is 0.137 e. The molecule has 3 aliphatic rings. The smallest absolute Gasteiger partial charge is 0.137 e. The third kappa shape index (κ3) is 1.92. The fraction of sp³-hybridized carbons (Fsp3) is 0.929. The molecule has 0 aromatic rings. The highest BCUT2D eigenvalue weighted by Gasteiger charge is 2.38. The maximum absolute atomic E-state index is 11.8.